The topological polar surface area (TPSA) is 6.48 Å². The Hall–Kier alpha value is -0.440. The predicted octanol–water partition coefficient (Wildman–Crippen LogP) is 4.10. The molecule has 4 heteroatoms. The molecule has 0 N–H and O–H groups in total. The van der Waals surface area contributed by atoms with Crippen LogP contribution in [0, 0.1) is 5.92 Å². The van der Waals surface area contributed by atoms with Gasteiger partial charge < -0.3 is 9.80 Å². The number of hydrogen-bond acceptors (Lipinski definition) is 2. The van der Waals surface area contributed by atoms with E-state index < -0.39 is 0 Å². The van der Waals surface area contributed by atoms with Crippen LogP contribution < -0.4 is 4.90 Å². The van der Waals surface area contributed by atoms with Crippen molar-refractivity contribution in [2.24, 2.45) is 5.92 Å². The quantitative estimate of drug-likeness (QED) is 0.700. The van der Waals surface area contributed by atoms with Gasteiger partial charge >= 0.3 is 0 Å². The number of benzene rings is 1. The van der Waals surface area contributed by atoms with E-state index in [0.29, 0.717) is 11.8 Å². The SMILES string of the molecule is CC(C)CN(CCN(C)C)c1c(Cl)cccc1CCl. The van der Waals surface area contributed by atoms with Gasteiger partial charge in [0.15, 0.2) is 0 Å². The number of anilines is 1. The molecule has 19 heavy (non-hydrogen) atoms. The molecule has 0 aliphatic carbocycles. The van der Waals surface area contributed by atoms with Gasteiger partial charge in [-0.2, -0.15) is 0 Å². The zero-order valence-electron chi connectivity index (χ0n) is 12.3. The van der Waals surface area contributed by atoms with E-state index in [9.17, 15) is 0 Å². The second-order valence-electron chi connectivity index (χ2n) is 5.52. The van der Waals surface area contributed by atoms with Gasteiger partial charge in [-0.25, -0.2) is 0 Å². The van der Waals surface area contributed by atoms with Crippen LogP contribution in [-0.2, 0) is 5.88 Å². The largest absolute Gasteiger partial charge is 0.369 e. The highest BCUT2D eigenvalue weighted by Crippen LogP contribution is 2.31. The van der Waals surface area contributed by atoms with Crippen LogP contribution in [0.15, 0.2) is 18.2 Å². The fraction of sp³-hybridized carbons (Fsp3) is 0.600. The number of para-hydroxylation sites is 1. The molecule has 0 saturated carbocycles. The molecule has 1 rings (SSSR count). The van der Waals surface area contributed by atoms with E-state index in [2.05, 4.69) is 43.8 Å². The molecule has 0 aliphatic heterocycles. The number of nitrogens with zero attached hydrogens (tertiary/aromatic N) is 2. The summed E-state index contributed by atoms with van der Waals surface area (Å²) in [6, 6.07) is 5.95. The van der Waals surface area contributed by atoms with E-state index in [-0.39, 0.29) is 0 Å². The van der Waals surface area contributed by atoms with Crippen molar-refractivity contribution in [3.63, 3.8) is 0 Å². The molecule has 0 bridgehead atoms. The first kappa shape index (κ1) is 16.6. The van der Waals surface area contributed by atoms with Gasteiger partial charge in [-0.05, 0) is 31.6 Å². The summed E-state index contributed by atoms with van der Waals surface area (Å²) in [5, 5.41) is 0.789. The Morgan fingerprint density at radius 1 is 1.16 bits per heavy atom. The van der Waals surface area contributed by atoms with Gasteiger partial charge in [0.05, 0.1) is 10.7 Å². The van der Waals surface area contributed by atoms with Gasteiger partial charge in [0, 0.05) is 25.5 Å². The molecule has 2 nitrogen and oxygen atoms in total. The molecule has 108 valence electrons. The van der Waals surface area contributed by atoms with Crippen LogP contribution >= 0.6 is 23.2 Å². The van der Waals surface area contributed by atoms with Gasteiger partial charge in [0.25, 0.3) is 0 Å². The third-order valence-electron chi connectivity index (χ3n) is 2.93. The van der Waals surface area contributed by atoms with Crippen LogP contribution in [0.1, 0.15) is 19.4 Å². The Balaban J connectivity index is 3.01. The fourth-order valence-corrected chi connectivity index (χ4v) is 2.61. The summed E-state index contributed by atoms with van der Waals surface area (Å²) < 4.78 is 0. The molecule has 0 atom stereocenters. The minimum atomic E-state index is 0.493. The van der Waals surface area contributed by atoms with Crippen LogP contribution in [-0.4, -0.2) is 38.6 Å². The minimum absolute atomic E-state index is 0.493. The van der Waals surface area contributed by atoms with Crippen LogP contribution in [0.5, 0.6) is 0 Å². The lowest BCUT2D eigenvalue weighted by Crippen LogP contribution is -2.35. The molecule has 0 fully saturated rings. The summed E-state index contributed by atoms with van der Waals surface area (Å²) in [5.41, 5.74) is 2.20. The monoisotopic (exact) mass is 302 g/mol. The van der Waals surface area contributed by atoms with Crippen LogP contribution in [0.3, 0.4) is 0 Å². The molecule has 0 spiro atoms. The molecule has 0 amide bonds. The Bertz CT molecular complexity index is 392. The third kappa shape index (κ3) is 5.21. The normalized spacial score (nSPS) is 11.4. The highest BCUT2D eigenvalue weighted by molar-refractivity contribution is 6.33. The molecule has 0 heterocycles. The van der Waals surface area contributed by atoms with Crippen LogP contribution in [0.2, 0.25) is 5.02 Å². The second-order valence-corrected chi connectivity index (χ2v) is 6.20. The van der Waals surface area contributed by atoms with Crippen molar-refractivity contribution >= 4 is 28.9 Å². The van der Waals surface area contributed by atoms with Gasteiger partial charge in [-0.15, -0.1) is 11.6 Å². The Morgan fingerprint density at radius 3 is 2.37 bits per heavy atom. The standard InChI is InChI=1S/C15H24Cl2N2/c1-12(2)11-19(9-8-18(3)4)15-13(10-16)6-5-7-14(15)17/h5-7,12H,8-11H2,1-4H3. The van der Waals surface area contributed by atoms with E-state index in [1.54, 1.807) is 0 Å². The molecule has 0 aromatic heterocycles. The molecule has 0 radical (unpaired) electrons. The molecule has 0 saturated heterocycles. The maximum absolute atomic E-state index is 6.39. The van der Waals surface area contributed by atoms with Crippen LogP contribution in [0.4, 0.5) is 5.69 Å². The van der Waals surface area contributed by atoms with Crippen molar-refractivity contribution in [3.05, 3.63) is 28.8 Å². The molecule has 0 aliphatic rings. The first-order chi connectivity index (χ1) is 8.95. The molecule has 1 aromatic rings. The van der Waals surface area contributed by atoms with E-state index in [0.717, 1.165) is 35.9 Å². The number of likely N-dealkylation sites (N-methyl/N-ethyl adjacent to an activating group) is 1. The lowest BCUT2D eigenvalue weighted by molar-refractivity contribution is 0.409. The maximum atomic E-state index is 6.39. The smallest absolute Gasteiger partial charge is 0.0642 e. The summed E-state index contributed by atoms with van der Waals surface area (Å²) in [7, 11) is 4.17. The van der Waals surface area contributed by atoms with Crippen molar-refractivity contribution in [1.29, 1.82) is 0 Å². The highest BCUT2D eigenvalue weighted by Gasteiger charge is 2.15. The first-order valence-corrected chi connectivity index (χ1v) is 7.60. The van der Waals surface area contributed by atoms with Crippen LogP contribution in [0.25, 0.3) is 0 Å². The van der Waals surface area contributed by atoms with E-state index in [1.807, 2.05) is 12.1 Å². The van der Waals surface area contributed by atoms with E-state index >= 15 is 0 Å². The fourth-order valence-electron chi connectivity index (χ4n) is 2.08. The lowest BCUT2D eigenvalue weighted by Gasteiger charge is -2.30. The van der Waals surface area contributed by atoms with Crippen molar-refractivity contribution < 1.29 is 0 Å². The summed E-state index contributed by atoms with van der Waals surface area (Å²) in [6.07, 6.45) is 0. The number of hydrogen-bond donors (Lipinski definition) is 0. The summed E-state index contributed by atoms with van der Waals surface area (Å²) in [6.45, 7) is 7.39. The third-order valence-corrected chi connectivity index (χ3v) is 3.53. The average Bonchev–Trinajstić information content (AvgIpc) is 2.33. The average molecular weight is 303 g/mol. The predicted molar refractivity (Wildman–Crippen MR) is 86.6 cm³/mol. The van der Waals surface area contributed by atoms with E-state index in [1.165, 1.54) is 0 Å². The Labute approximate surface area is 127 Å². The number of alkyl halides is 1. The van der Waals surface area contributed by atoms with Gasteiger partial charge in [-0.3, -0.25) is 0 Å². The summed E-state index contributed by atoms with van der Waals surface area (Å²) in [5.74, 6) is 1.08. The van der Waals surface area contributed by atoms with Crippen molar-refractivity contribution in [2.75, 3.05) is 38.6 Å². The molecule has 1 aromatic carbocycles. The number of halogens is 2. The summed E-state index contributed by atoms with van der Waals surface area (Å²) in [4.78, 5) is 4.54. The van der Waals surface area contributed by atoms with Gasteiger partial charge in [0.2, 0.25) is 0 Å². The Morgan fingerprint density at radius 2 is 1.84 bits per heavy atom. The lowest BCUT2D eigenvalue weighted by atomic mass is 10.1. The highest BCUT2D eigenvalue weighted by atomic mass is 35.5. The van der Waals surface area contributed by atoms with Crippen molar-refractivity contribution in [1.82, 2.24) is 4.90 Å². The number of rotatable bonds is 7. The zero-order valence-corrected chi connectivity index (χ0v) is 13.8. The molecular formula is C15H24Cl2N2. The minimum Gasteiger partial charge on any atom is -0.369 e. The van der Waals surface area contributed by atoms with Gasteiger partial charge in [0.1, 0.15) is 0 Å². The Kier molecular flexibility index (Phi) is 6.98. The first-order valence-electron chi connectivity index (χ1n) is 6.68. The van der Waals surface area contributed by atoms with Crippen molar-refractivity contribution in [3.8, 4) is 0 Å². The second kappa shape index (κ2) is 7.98. The van der Waals surface area contributed by atoms with E-state index in [4.69, 9.17) is 23.2 Å². The summed E-state index contributed by atoms with van der Waals surface area (Å²) >= 11 is 12.4. The molecule has 0 unspecified atom stereocenters. The molecular weight excluding hydrogens is 279 g/mol. The maximum Gasteiger partial charge on any atom is 0.0642 e. The zero-order chi connectivity index (χ0) is 14.4. The van der Waals surface area contributed by atoms with Crippen molar-refractivity contribution in [2.45, 2.75) is 19.7 Å². The van der Waals surface area contributed by atoms with Gasteiger partial charge in [-0.1, -0.05) is 37.6 Å².